The molecule has 1 fully saturated rings. The van der Waals surface area contributed by atoms with E-state index in [-0.39, 0.29) is 0 Å². The lowest BCUT2D eigenvalue weighted by molar-refractivity contribution is 0.384. The summed E-state index contributed by atoms with van der Waals surface area (Å²) in [6, 6.07) is 14.6. The van der Waals surface area contributed by atoms with E-state index >= 15 is 0 Å². The first-order valence-electron chi connectivity index (χ1n) is 8.50. The fraction of sp³-hybridized carbons (Fsp3) is 0.211. The minimum atomic E-state index is -3.54. The van der Waals surface area contributed by atoms with Crippen molar-refractivity contribution in [1.29, 1.82) is 0 Å². The van der Waals surface area contributed by atoms with Crippen molar-refractivity contribution in [2.24, 2.45) is 0 Å². The molecule has 2 heterocycles. The van der Waals surface area contributed by atoms with Crippen molar-refractivity contribution in [2.45, 2.75) is 4.90 Å². The van der Waals surface area contributed by atoms with Crippen molar-refractivity contribution in [1.82, 2.24) is 9.29 Å². The van der Waals surface area contributed by atoms with E-state index in [1.54, 1.807) is 24.4 Å². The highest BCUT2D eigenvalue weighted by Gasteiger charge is 2.29. The molecular weight excluding hydrogens is 405 g/mol. The number of benzene rings is 2. The van der Waals surface area contributed by atoms with Crippen molar-refractivity contribution >= 4 is 49.8 Å². The van der Waals surface area contributed by atoms with E-state index in [1.807, 2.05) is 35.2 Å². The number of anilines is 1. The number of piperazine rings is 1. The molecule has 5 nitrogen and oxygen atoms in total. The Morgan fingerprint density at radius 1 is 0.889 bits per heavy atom. The second-order valence-electron chi connectivity index (χ2n) is 6.36. The van der Waals surface area contributed by atoms with Crippen LogP contribution in [0.4, 0.5) is 5.82 Å². The summed E-state index contributed by atoms with van der Waals surface area (Å²) in [5.41, 5.74) is 0. The van der Waals surface area contributed by atoms with Crippen LogP contribution in [0.1, 0.15) is 0 Å². The van der Waals surface area contributed by atoms with Crippen LogP contribution in [-0.2, 0) is 10.0 Å². The predicted molar refractivity (Wildman–Crippen MR) is 109 cm³/mol. The van der Waals surface area contributed by atoms with Gasteiger partial charge in [-0.05, 0) is 29.0 Å². The van der Waals surface area contributed by atoms with Gasteiger partial charge in [-0.15, -0.1) is 0 Å². The Bertz CT molecular complexity index is 1100. The van der Waals surface area contributed by atoms with Crippen LogP contribution in [0.5, 0.6) is 0 Å². The molecule has 140 valence electrons. The van der Waals surface area contributed by atoms with Gasteiger partial charge in [0.2, 0.25) is 10.0 Å². The molecule has 0 bridgehead atoms. The molecule has 0 aliphatic carbocycles. The SMILES string of the molecule is O=S(=O)(c1ccc2ccccc2c1)N1CCN(c2ncc(Cl)cc2Cl)CC1. The van der Waals surface area contributed by atoms with Crippen LogP contribution < -0.4 is 4.90 Å². The lowest BCUT2D eigenvalue weighted by Crippen LogP contribution is -2.49. The van der Waals surface area contributed by atoms with Crippen LogP contribution in [0, 0.1) is 0 Å². The van der Waals surface area contributed by atoms with E-state index in [9.17, 15) is 8.42 Å². The highest BCUT2D eigenvalue weighted by molar-refractivity contribution is 7.89. The fourth-order valence-corrected chi connectivity index (χ4v) is 5.21. The highest BCUT2D eigenvalue weighted by Crippen LogP contribution is 2.28. The topological polar surface area (TPSA) is 53.5 Å². The molecule has 2 aromatic carbocycles. The summed E-state index contributed by atoms with van der Waals surface area (Å²) >= 11 is 12.1. The Kier molecular flexibility index (Phi) is 4.99. The third kappa shape index (κ3) is 3.62. The maximum absolute atomic E-state index is 13.0. The zero-order chi connectivity index (χ0) is 19.0. The summed E-state index contributed by atoms with van der Waals surface area (Å²) in [5, 5.41) is 2.87. The summed E-state index contributed by atoms with van der Waals surface area (Å²) < 4.78 is 27.6. The Hall–Kier alpha value is -1.86. The molecule has 0 spiro atoms. The number of hydrogen-bond donors (Lipinski definition) is 0. The van der Waals surface area contributed by atoms with Crippen molar-refractivity contribution in [3.63, 3.8) is 0 Å². The molecule has 0 N–H and O–H groups in total. The average molecular weight is 422 g/mol. The van der Waals surface area contributed by atoms with E-state index in [0.717, 1.165) is 10.8 Å². The maximum atomic E-state index is 13.0. The number of pyridine rings is 1. The largest absolute Gasteiger partial charge is 0.353 e. The third-order valence-electron chi connectivity index (χ3n) is 4.69. The molecule has 0 unspecified atom stereocenters. The van der Waals surface area contributed by atoms with Crippen molar-refractivity contribution in [2.75, 3.05) is 31.1 Å². The molecule has 1 saturated heterocycles. The van der Waals surface area contributed by atoms with E-state index in [1.165, 1.54) is 4.31 Å². The Morgan fingerprint density at radius 2 is 1.59 bits per heavy atom. The van der Waals surface area contributed by atoms with E-state index in [0.29, 0.717) is 46.9 Å². The van der Waals surface area contributed by atoms with Gasteiger partial charge in [-0.1, -0.05) is 53.5 Å². The molecular formula is C19H17Cl2N3O2S. The van der Waals surface area contributed by atoms with Crippen LogP contribution in [0.2, 0.25) is 10.0 Å². The van der Waals surface area contributed by atoms with E-state index < -0.39 is 10.0 Å². The van der Waals surface area contributed by atoms with Gasteiger partial charge in [-0.2, -0.15) is 4.31 Å². The number of halogens is 2. The van der Waals surface area contributed by atoms with Gasteiger partial charge in [-0.3, -0.25) is 0 Å². The second kappa shape index (κ2) is 7.28. The molecule has 1 aliphatic heterocycles. The van der Waals surface area contributed by atoms with Crippen LogP contribution >= 0.6 is 23.2 Å². The molecule has 1 aliphatic rings. The Morgan fingerprint density at radius 3 is 2.30 bits per heavy atom. The van der Waals surface area contributed by atoms with Gasteiger partial charge in [-0.25, -0.2) is 13.4 Å². The first-order chi connectivity index (χ1) is 12.9. The minimum absolute atomic E-state index is 0.317. The number of sulfonamides is 1. The molecule has 0 atom stereocenters. The molecule has 1 aromatic heterocycles. The summed E-state index contributed by atoms with van der Waals surface area (Å²) in [6.45, 7) is 1.77. The van der Waals surface area contributed by atoms with E-state index in [2.05, 4.69) is 4.98 Å². The lowest BCUT2D eigenvalue weighted by atomic mass is 10.1. The highest BCUT2D eigenvalue weighted by atomic mass is 35.5. The average Bonchev–Trinajstić information content (AvgIpc) is 2.68. The van der Waals surface area contributed by atoms with Gasteiger partial charge < -0.3 is 4.90 Å². The third-order valence-corrected chi connectivity index (χ3v) is 7.06. The minimum Gasteiger partial charge on any atom is -0.353 e. The number of rotatable bonds is 3. The Balaban J connectivity index is 1.54. The smallest absolute Gasteiger partial charge is 0.243 e. The van der Waals surface area contributed by atoms with Crippen LogP contribution in [-0.4, -0.2) is 43.9 Å². The molecule has 0 saturated carbocycles. The van der Waals surface area contributed by atoms with Crippen LogP contribution in [0.3, 0.4) is 0 Å². The standard InChI is InChI=1S/C19H17Cl2N3O2S/c20-16-12-18(21)19(22-13-16)23-7-9-24(10-8-23)27(25,26)17-6-5-14-3-1-2-4-15(14)11-17/h1-6,11-13H,7-10H2. The van der Waals surface area contributed by atoms with Crippen LogP contribution in [0.15, 0.2) is 59.6 Å². The van der Waals surface area contributed by atoms with Crippen LogP contribution in [0.25, 0.3) is 10.8 Å². The number of fused-ring (bicyclic) bond motifs is 1. The molecule has 3 aromatic rings. The zero-order valence-corrected chi connectivity index (χ0v) is 16.7. The molecule has 27 heavy (non-hydrogen) atoms. The summed E-state index contributed by atoms with van der Waals surface area (Å²) in [4.78, 5) is 6.57. The zero-order valence-electron chi connectivity index (χ0n) is 14.3. The van der Waals surface area contributed by atoms with E-state index in [4.69, 9.17) is 23.2 Å². The summed E-state index contributed by atoms with van der Waals surface area (Å²) in [7, 11) is -3.54. The molecule has 0 amide bonds. The lowest BCUT2D eigenvalue weighted by Gasteiger charge is -2.35. The van der Waals surface area contributed by atoms with Crippen molar-refractivity contribution < 1.29 is 8.42 Å². The van der Waals surface area contributed by atoms with Gasteiger partial charge in [0.15, 0.2) is 0 Å². The predicted octanol–water partition coefficient (Wildman–Crippen LogP) is 4.05. The maximum Gasteiger partial charge on any atom is 0.243 e. The quantitative estimate of drug-likeness (QED) is 0.639. The first kappa shape index (κ1) is 18.5. The summed E-state index contributed by atoms with van der Waals surface area (Å²) in [5.74, 6) is 0.629. The van der Waals surface area contributed by atoms with Crippen molar-refractivity contribution in [3.8, 4) is 0 Å². The normalized spacial score (nSPS) is 16.0. The van der Waals surface area contributed by atoms with Gasteiger partial charge in [0.25, 0.3) is 0 Å². The molecule has 0 radical (unpaired) electrons. The second-order valence-corrected chi connectivity index (χ2v) is 9.14. The van der Waals surface area contributed by atoms with Gasteiger partial charge in [0, 0.05) is 32.4 Å². The van der Waals surface area contributed by atoms with Gasteiger partial charge in [0.05, 0.1) is 14.9 Å². The van der Waals surface area contributed by atoms with Gasteiger partial charge in [0.1, 0.15) is 5.82 Å². The Labute approximate surface area is 168 Å². The molecule has 8 heteroatoms. The van der Waals surface area contributed by atoms with Crippen molar-refractivity contribution in [3.05, 3.63) is 64.8 Å². The van der Waals surface area contributed by atoms with Gasteiger partial charge >= 0.3 is 0 Å². The molecule has 4 rings (SSSR count). The fourth-order valence-electron chi connectivity index (χ4n) is 3.26. The number of nitrogens with zero attached hydrogens (tertiary/aromatic N) is 3. The monoisotopic (exact) mass is 421 g/mol. The first-order valence-corrected chi connectivity index (χ1v) is 10.7. The number of hydrogen-bond acceptors (Lipinski definition) is 4. The number of aromatic nitrogens is 1. The summed E-state index contributed by atoms with van der Waals surface area (Å²) in [6.07, 6.45) is 1.54.